The Labute approximate surface area is 187 Å². The van der Waals surface area contributed by atoms with Crippen molar-refractivity contribution in [1.29, 1.82) is 0 Å². The molecule has 0 aliphatic carbocycles. The number of nitrogens with zero attached hydrogens (tertiary/aromatic N) is 3. The van der Waals surface area contributed by atoms with Crippen LogP contribution in [0.25, 0.3) is 21.1 Å². The van der Waals surface area contributed by atoms with Crippen molar-refractivity contribution in [3.63, 3.8) is 0 Å². The predicted octanol–water partition coefficient (Wildman–Crippen LogP) is 5.75. The van der Waals surface area contributed by atoms with Crippen LogP contribution in [-0.2, 0) is 4.79 Å². The van der Waals surface area contributed by atoms with E-state index in [1.807, 2.05) is 50.2 Å². The summed E-state index contributed by atoms with van der Waals surface area (Å²) in [5, 5.41) is 12.9. The third kappa shape index (κ3) is 5.15. The summed E-state index contributed by atoms with van der Waals surface area (Å²) in [5.74, 6) is -0.118. The maximum atomic E-state index is 13.2. The van der Waals surface area contributed by atoms with E-state index < -0.39 is 0 Å². The van der Waals surface area contributed by atoms with E-state index in [2.05, 4.69) is 20.5 Å². The van der Waals surface area contributed by atoms with Gasteiger partial charge in [0.05, 0.1) is 16.3 Å². The van der Waals surface area contributed by atoms with Crippen molar-refractivity contribution in [2.45, 2.75) is 18.9 Å². The fraction of sp³-hybridized carbons (Fsp3) is 0.130. The van der Waals surface area contributed by atoms with Crippen LogP contribution in [0, 0.1) is 19.7 Å². The van der Waals surface area contributed by atoms with Gasteiger partial charge in [-0.3, -0.25) is 4.79 Å². The maximum absolute atomic E-state index is 13.2. The number of rotatable bonds is 6. The second-order valence-electron chi connectivity index (χ2n) is 6.85. The van der Waals surface area contributed by atoms with Gasteiger partial charge < -0.3 is 5.32 Å². The van der Waals surface area contributed by atoms with Crippen LogP contribution in [0.15, 0.2) is 65.7 Å². The van der Waals surface area contributed by atoms with E-state index in [1.165, 1.54) is 35.2 Å². The largest absolute Gasteiger partial charge is 0.325 e. The van der Waals surface area contributed by atoms with Crippen LogP contribution in [0.1, 0.15) is 11.3 Å². The molecule has 4 rings (SSSR count). The normalized spacial score (nSPS) is 10.8. The van der Waals surface area contributed by atoms with Crippen molar-refractivity contribution < 1.29 is 9.18 Å². The lowest BCUT2D eigenvalue weighted by molar-refractivity contribution is -0.113. The van der Waals surface area contributed by atoms with E-state index in [1.54, 1.807) is 12.1 Å². The predicted molar refractivity (Wildman–Crippen MR) is 124 cm³/mol. The van der Waals surface area contributed by atoms with Gasteiger partial charge in [-0.25, -0.2) is 9.37 Å². The molecule has 0 aliphatic rings. The minimum atomic E-state index is -0.274. The van der Waals surface area contributed by atoms with Crippen molar-refractivity contribution >= 4 is 34.7 Å². The number of benzene rings is 2. The molecule has 0 fully saturated rings. The molecule has 5 nitrogen and oxygen atoms in total. The Morgan fingerprint density at radius 1 is 1.03 bits per heavy atom. The van der Waals surface area contributed by atoms with Crippen molar-refractivity contribution in [3.05, 3.63) is 77.7 Å². The summed E-state index contributed by atoms with van der Waals surface area (Å²) in [4.78, 5) is 17.7. The first-order valence-electron chi connectivity index (χ1n) is 9.55. The lowest BCUT2D eigenvalue weighted by Gasteiger charge is -2.07. The molecule has 0 unspecified atom stereocenters. The molecule has 8 heteroatoms. The van der Waals surface area contributed by atoms with Gasteiger partial charge in [-0.1, -0.05) is 30.0 Å². The molecule has 1 amide bonds. The van der Waals surface area contributed by atoms with E-state index in [4.69, 9.17) is 0 Å². The van der Waals surface area contributed by atoms with E-state index >= 15 is 0 Å². The standard InChI is InChI=1S/C23H19FN4OS2/c1-14-5-3-4-6-18(14)26-20(29)13-30-21-12-11-19(27-28-21)22-15(2)25-23(31-22)16-7-9-17(24)10-8-16/h3-12H,13H2,1-2H3,(H,26,29). The van der Waals surface area contributed by atoms with Crippen LogP contribution < -0.4 is 5.32 Å². The molecule has 0 radical (unpaired) electrons. The molecule has 2 heterocycles. The van der Waals surface area contributed by atoms with Gasteiger partial charge in [0, 0.05) is 11.3 Å². The highest BCUT2D eigenvalue weighted by Gasteiger charge is 2.14. The van der Waals surface area contributed by atoms with Crippen LogP contribution in [-0.4, -0.2) is 26.8 Å². The van der Waals surface area contributed by atoms with Crippen molar-refractivity contribution in [3.8, 4) is 21.1 Å². The highest BCUT2D eigenvalue weighted by Crippen LogP contribution is 2.34. The molecule has 31 heavy (non-hydrogen) atoms. The number of amides is 1. The first-order valence-corrected chi connectivity index (χ1v) is 11.4. The molecule has 0 saturated heterocycles. The topological polar surface area (TPSA) is 67.8 Å². The molecule has 4 aromatic rings. The van der Waals surface area contributed by atoms with Crippen molar-refractivity contribution in [2.24, 2.45) is 0 Å². The third-order valence-electron chi connectivity index (χ3n) is 4.53. The number of para-hydroxylation sites is 1. The summed E-state index contributed by atoms with van der Waals surface area (Å²) in [7, 11) is 0. The highest BCUT2D eigenvalue weighted by molar-refractivity contribution is 7.99. The van der Waals surface area contributed by atoms with Gasteiger partial charge in [-0.15, -0.1) is 21.5 Å². The van der Waals surface area contributed by atoms with E-state index in [0.717, 1.165) is 38.1 Å². The van der Waals surface area contributed by atoms with E-state index in [-0.39, 0.29) is 17.5 Å². The van der Waals surface area contributed by atoms with Crippen LogP contribution in [0.4, 0.5) is 10.1 Å². The van der Waals surface area contributed by atoms with E-state index in [9.17, 15) is 9.18 Å². The van der Waals surface area contributed by atoms with Crippen LogP contribution in [0.3, 0.4) is 0 Å². The smallest absolute Gasteiger partial charge is 0.234 e. The number of thioether (sulfide) groups is 1. The minimum Gasteiger partial charge on any atom is -0.325 e. The van der Waals surface area contributed by atoms with Crippen molar-refractivity contribution in [1.82, 2.24) is 15.2 Å². The van der Waals surface area contributed by atoms with Crippen molar-refractivity contribution in [2.75, 3.05) is 11.1 Å². The third-order valence-corrected chi connectivity index (χ3v) is 6.68. The van der Waals surface area contributed by atoms with Gasteiger partial charge >= 0.3 is 0 Å². The summed E-state index contributed by atoms with van der Waals surface area (Å²) in [5.41, 5.74) is 4.26. The SMILES string of the molecule is Cc1ccccc1NC(=O)CSc1ccc(-c2sc(-c3ccc(F)cc3)nc2C)nn1. The highest BCUT2D eigenvalue weighted by atomic mass is 32.2. The zero-order valence-electron chi connectivity index (χ0n) is 16.9. The summed E-state index contributed by atoms with van der Waals surface area (Å²) in [6, 6.07) is 17.7. The Kier molecular flexibility index (Phi) is 6.39. The van der Waals surface area contributed by atoms with Gasteiger partial charge in [0.15, 0.2) is 0 Å². The molecule has 0 atom stereocenters. The van der Waals surface area contributed by atoms with Crippen LogP contribution >= 0.6 is 23.1 Å². The first kappa shape index (κ1) is 21.1. The average molecular weight is 451 g/mol. The zero-order chi connectivity index (χ0) is 21.8. The Hall–Kier alpha value is -3.10. The quantitative estimate of drug-likeness (QED) is 0.379. The molecule has 0 aliphatic heterocycles. The average Bonchev–Trinajstić information content (AvgIpc) is 3.16. The number of anilines is 1. The van der Waals surface area contributed by atoms with Gasteiger partial charge in [0.2, 0.25) is 5.91 Å². The number of thiazole rings is 1. The van der Waals surface area contributed by atoms with Gasteiger partial charge in [-0.05, 0) is 61.9 Å². The second kappa shape index (κ2) is 9.36. The second-order valence-corrected chi connectivity index (χ2v) is 8.84. The monoisotopic (exact) mass is 450 g/mol. The van der Waals surface area contributed by atoms with E-state index in [0.29, 0.717) is 5.03 Å². The summed E-state index contributed by atoms with van der Waals surface area (Å²) in [6.07, 6.45) is 0. The van der Waals surface area contributed by atoms with Gasteiger partial charge in [-0.2, -0.15) is 0 Å². The lowest BCUT2D eigenvalue weighted by Crippen LogP contribution is -2.14. The van der Waals surface area contributed by atoms with Gasteiger partial charge in [0.25, 0.3) is 0 Å². The molecule has 0 spiro atoms. The molecule has 1 N–H and O–H groups in total. The molecule has 0 saturated carbocycles. The number of aryl methyl sites for hydroxylation is 2. The Bertz CT molecular complexity index is 1210. The molecule has 156 valence electrons. The lowest BCUT2D eigenvalue weighted by atomic mass is 10.2. The molecular formula is C23H19FN4OS2. The number of hydrogen-bond acceptors (Lipinski definition) is 6. The number of nitrogens with one attached hydrogen (secondary N) is 1. The maximum Gasteiger partial charge on any atom is 0.234 e. The first-order chi connectivity index (χ1) is 15.0. The number of hydrogen-bond donors (Lipinski definition) is 1. The fourth-order valence-electron chi connectivity index (χ4n) is 2.91. The minimum absolute atomic E-state index is 0.0904. The molecular weight excluding hydrogens is 431 g/mol. The Balaban J connectivity index is 1.41. The number of carbonyl (C=O) groups is 1. The number of aromatic nitrogens is 3. The van der Waals surface area contributed by atoms with Gasteiger partial charge in [0.1, 0.15) is 21.5 Å². The summed E-state index contributed by atoms with van der Waals surface area (Å²) >= 11 is 2.82. The fourth-order valence-corrected chi connectivity index (χ4v) is 4.56. The van der Waals surface area contributed by atoms with Crippen LogP contribution in [0.5, 0.6) is 0 Å². The molecule has 2 aromatic carbocycles. The number of halogens is 1. The summed E-state index contributed by atoms with van der Waals surface area (Å²) in [6.45, 7) is 3.87. The Morgan fingerprint density at radius 3 is 2.52 bits per heavy atom. The number of carbonyl (C=O) groups excluding carboxylic acids is 1. The Morgan fingerprint density at radius 2 is 1.81 bits per heavy atom. The zero-order valence-corrected chi connectivity index (χ0v) is 18.6. The molecule has 2 aromatic heterocycles. The van der Waals surface area contributed by atoms with Crippen LogP contribution in [0.2, 0.25) is 0 Å². The summed E-state index contributed by atoms with van der Waals surface area (Å²) < 4.78 is 13.2. The molecule has 0 bridgehead atoms.